The highest BCUT2D eigenvalue weighted by Crippen LogP contribution is 2.45. The summed E-state index contributed by atoms with van der Waals surface area (Å²) in [7, 11) is 0. The van der Waals surface area contributed by atoms with Gasteiger partial charge in [0.2, 0.25) is 11.7 Å². The first kappa shape index (κ1) is 25.0. The van der Waals surface area contributed by atoms with E-state index in [4.69, 9.17) is 4.42 Å². The third-order valence-electron chi connectivity index (χ3n) is 6.81. The molecule has 34 heavy (non-hydrogen) atoms. The van der Waals surface area contributed by atoms with Crippen molar-refractivity contribution < 1.29 is 9.21 Å². The molecule has 0 bridgehead atoms. The number of fused-ring (bicyclic) bond motifs is 1. The maximum atomic E-state index is 12.8. The number of anilines is 1. The van der Waals surface area contributed by atoms with Gasteiger partial charge in [0.1, 0.15) is 11.1 Å². The third kappa shape index (κ3) is 4.97. The van der Waals surface area contributed by atoms with E-state index in [-0.39, 0.29) is 17.1 Å². The summed E-state index contributed by atoms with van der Waals surface area (Å²) in [6.07, 6.45) is 4.10. The standard InChI is InChI=1S/C24H28BrN5O2S2/c1-5-24(3,4)14-7-8-15-16(12-26)22(34-18(15)11-14)27-20(31)13-33-23-29-28-21(30(23)6-2)17-9-10-19(25)32-17/h9-10,14H,5-8,11,13H2,1-4H3,(H,27,31). The molecule has 1 amide bonds. The number of thioether (sulfide) groups is 1. The molecule has 1 unspecified atom stereocenters. The molecule has 0 spiro atoms. The summed E-state index contributed by atoms with van der Waals surface area (Å²) in [5.41, 5.74) is 2.03. The van der Waals surface area contributed by atoms with Gasteiger partial charge in [-0.1, -0.05) is 39.0 Å². The number of nitrogens with zero attached hydrogens (tertiary/aromatic N) is 4. The molecular formula is C24H28BrN5O2S2. The highest BCUT2D eigenvalue weighted by molar-refractivity contribution is 9.10. The number of amides is 1. The molecule has 3 aromatic rings. The van der Waals surface area contributed by atoms with Crippen molar-refractivity contribution in [2.75, 3.05) is 11.1 Å². The normalized spacial score (nSPS) is 15.7. The van der Waals surface area contributed by atoms with Gasteiger partial charge >= 0.3 is 0 Å². The van der Waals surface area contributed by atoms with Gasteiger partial charge in [-0.2, -0.15) is 5.26 Å². The Bertz CT molecular complexity index is 1240. The number of nitrogens with one attached hydrogen (secondary N) is 1. The molecule has 1 atom stereocenters. The number of carbonyl (C=O) groups is 1. The van der Waals surface area contributed by atoms with E-state index in [0.29, 0.717) is 44.4 Å². The van der Waals surface area contributed by atoms with Crippen molar-refractivity contribution in [2.24, 2.45) is 11.3 Å². The molecule has 1 N–H and O–H groups in total. The van der Waals surface area contributed by atoms with E-state index in [1.54, 1.807) is 11.3 Å². The van der Waals surface area contributed by atoms with Gasteiger partial charge < -0.3 is 9.73 Å². The predicted molar refractivity (Wildman–Crippen MR) is 139 cm³/mol. The number of thiophene rings is 1. The number of hydrogen-bond acceptors (Lipinski definition) is 7. The number of aromatic nitrogens is 3. The summed E-state index contributed by atoms with van der Waals surface area (Å²) < 4.78 is 8.15. The van der Waals surface area contributed by atoms with Gasteiger partial charge in [-0.05, 0) is 71.1 Å². The Labute approximate surface area is 216 Å². The molecule has 0 fully saturated rings. The van der Waals surface area contributed by atoms with E-state index in [0.717, 1.165) is 31.2 Å². The van der Waals surface area contributed by atoms with Crippen LogP contribution in [0.5, 0.6) is 0 Å². The molecule has 7 nitrogen and oxygen atoms in total. The third-order valence-corrected chi connectivity index (χ3v) is 9.37. The van der Waals surface area contributed by atoms with Crippen molar-refractivity contribution in [1.29, 1.82) is 5.26 Å². The zero-order chi connectivity index (χ0) is 24.5. The van der Waals surface area contributed by atoms with Crippen molar-refractivity contribution in [3.05, 3.63) is 32.8 Å². The minimum atomic E-state index is -0.154. The molecule has 3 aromatic heterocycles. The fourth-order valence-corrected chi connectivity index (χ4v) is 6.74. The molecule has 0 aliphatic heterocycles. The van der Waals surface area contributed by atoms with Gasteiger partial charge in [-0.15, -0.1) is 21.5 Å². The van der Waals surface area contributed by atoms with Gasteiger partial charge in [-0.25, -0.2) is 0 Å². The van der Waals surface area contributed by atoms with E-state index in [1.165, 1.54) is 16.6 Å². The molecule has 4 rings (SSSR count). The van der Waals surface area contributed by atoms with Crippen molar-refractivity contribution in [2.45, 2.75) is 65.1 Å². The summed E-state index contributed by atoms with van der Waals surface area (Å²) in [6.45, 7) is 9.54. The molecule has 10 heteroatoms. The summed E-state index contributed by atoms with van der Waals surface area (Å²) in [5.74, 6) is 1.86. The van der Waals surface area contributed by atoms with E-state index in [1.807, 2.05) is 23.6 Å². The fourth-order valence-electron chi connectivity index (χ4n) is 4.34. The Kier molecular flexibility index (Phi) is 7.55. The van der Waals surface area contributed by atoms with Crippen LogP contribution in [0.15, 0.2) is 26.4 Å². The molecule has 1 aliphatic carbocycles. The van der Waals surface area contributed by atoms with Crippen LogP contribution in [0.3, 0.4) is 0 Å². The van der Waals surface area contributed by atoms with E-state index < -0.39 is 0 Å². The molecule has 0 saturated heterocycles. The van der Waals surface area contributed by atoms with Gasteiger partial charge in [-0.3, -0.25) is 9.36 Å². The molecule has 0 aromatic carbocycles. The molecular weight excluding hydrogens is 534 g/mol. The van der Waals surface area contributed by atoms with Crippen LogP contribution in [0, 0.1) is 22.7 Å². The molecule has 0 saturated carbocycles. The van der Waals surface area contributed by atoms with Crippen molar-refractivity contribution in [3.63, 3.8) is 0 Å². The lowest BCUT2D eigenvalue weighted by Crippen LogP contribution is -2.28. The first-order chi connectivity index (χ1) is 16.3. The number of carbonyl (C=O) groups excluding carboxylic acids is 1. The first-order valence-electron chi connectivity index (χ1n) is 11.4. The van der Waals surface area contributed by atoms with Crippen LogP contribution in [0.1, 0.15) is 56.5 Å². The lowest BCUT2D eigenvalue weighted by molar-refractivity contribution is -0.113. The topological polar surface area (TPSA) is 96.7 Å². The second-order valence-corrected chi connectivity index (χ2v) is 11.9. The quantitative estimate of drug-likeness (QED) is 0.314. The Morgan fingerprint density at radius 2 is 2.21 bits per heavy atom. The van der Waals surface area contributed by atoms with Crippen molar-refractivity contribution in [3.8, 4) is 17.7 Å². The molecule has 180 valence electrons. The largest absolute Gasteiger partial charge is 0.446 e. The second-order valence-electron chi connectivity index (χ2n) is 9.09. The average molecular weight is 563 g/mol. The summed E-state index contributed by atoms with van der Waals surface area (Å²) in [6, 6.07) is 5.98. The Balaban J connectivity index is 1.45. The Morgan fingerprint density at radius 1 is 1.41 bits per heavy atom. The van der Waals surface area contributed by atoms with Gasteiger partial charge in [0, 0.05) is 11.4 Å². The van der Waals surface area contributed by atoms with E-state index in [2.05, 4.69) is 58.3 Å². The lowest BCUT2D eigenvalue weighted by Gasteiger charge is -2.36. The van der Waals surface area contributed by atoms with Gasteiger partial charge in [0.05, 0.1) is 11.3 Å². The fraction of sp³-hybridized carbons (Fsp3) is 0.500. The highest BCUT2D eigenvalue weighted by atomic mass is 79.9. The number of hydrogen-bond donors (Lipinski definition) is 1. The van der Waals surface area contributed by atoms with Crippen LogP contribution in [0.2, 0.25) is 0 Å². The van der Waals surface area contributed by atoms with Gasteiger partial charge in [0.25, 0.3) is 0 Å². The molecule has 1 aliphatic rings. The zero-order valence-electron chi connectivity index (χ0n) is 19.8. The van der Waals surface area contributed by atoms with Crippen LogP contribution in [-0.4, -0.2) is 26.4 Å². The van der Waals surface area contributed by atoms with Crippen molar-refractivity contribution >= 4 is 49.9 Å². The number of rotatable bonds is 8. The van der Waals surface area contributed by atoms with E-state index >= 15 is 0 Å². The summed E-state index contributed by atoms with van der Waals surface area (Å²) >= 11 is 6.20. The van der Waals surface area contributed by atoms with Crippen LogP contribution in [0.25, 0.3) is 11.6 Å². The van der Waals surface area contributed by atoms with Gasteiger partial charge in [0.15, 0.2) is 15.6 Å². The minimum Gasteiger partial charge on any atom is -0.446 e. The monoisotopic (exact) mass is 561 g/mol. The molecule has 3 heterocycles. The average Bonchev–Trinajstić information content (AvgIpc) is 3.52. The number of halogens is 1. The number of nitriles is 1. The SMILES string of the molecule is CCn1c(SCC(=O)Nc2sc3c(c2C#N)CCC(C(C)(C)CC)C3)nnc1-c1ccc(Br)o1. The smallest absolute Gasteiger partial charge is 0.235 e. The zero-order valence-corrected chi connectivity index (χ0v) is 23.0. The minimum absolute atomic E-state index is 0.154. The van der Waals surface area contributed by atoms with Crippen LogP contribution in [0.4, 0.5) is 5.00 Å². The number of furan rings is 1. The van der Waals surface area contributed by atoms with E-state index in [9.17, 15) is 10.1 Å². The summed E-state index contributed by atoms with van der Waals surface area (Å²) in [4.78, 5) is 14.0. The maximum absolute atomic E-state index is 12.8. The first-order valence-corrected chi connectivity index (χ1v) is 14.0. The second kappa shape index (κ2) is 10.3. The van der Waals surface area contributed by atoms with Crippen molar-refractivity contribution in [1.82, 2.24) is 14.8 Å². The van der Waals surface area contributed by atoms with Crippen LogP contribution >= 0.6 is 39.0 Å². The Morgan fingerprint density at radius 3 is 2.85 bits per heavy atom. The Hall–Kier alpha value is -2.09. The molecule has 0 radical (unpaired) electrons. The predicted octanol–water partition coefficient (Wildman–Crippen LogP) is 6.53. The van der Waals surface area contributed by atoms with Crippen LogP contribution in [-0.2, 0) is 24.2 Å². The van der Waals surface area contributed by atoms with Crippen LogP contribution < -0.4 is 5.32 Å². The maximum Gasteiger partial charge on any atom is 0.235 e. The summed E-state index contributed by atoms with van der Waals surface area (Å²) in [5, 5.41) is 22.6. The lowest BCUT2D eigenvalue weighted by atomic mass is 9.69. The highest BCUT2D eigenvalue weighted by Gasteiger charge is 2.34.